The molecule has 0 amide bonds. The molecule has 1 fully saturated rings. The van der Waals surface area contributed by atoms with E-state index in [0.29, 0.717) is 22.7 Å². The summed E-state index contributed by atoms with van der Waals surface area (Å²) in [4.78, 5) is 2.49. The summed E-state index contributed by atoms with van der Waals surface area (Å²) in [6, 6.07) is 9.13. The molecule has 3 heteroatoms. The maximum atomic E-state index is 8.92. The molecule has 0 spiro atoms. The van der Waals surface area contributed by atoms with Crippen LogP contribution in [0.3, 0.4) is 0 Å². The molecule has 0 aromatic heterocycles. The van der Waals surface area contributed by atoms with Crippen molar-refractivity contribution in [3.05, 3.63) is 28.8 Å². The quantitative estimate of drug-likeness (QED) is 0.809. The molecule has 0 bridgehead atoms. The Bertz CT molecular complexity index is 452. The van der Waals surface area contributed by atoms with E-state index >= 15 is 0 Å². The highest BCUT2D eigenvalue weighted by atomic mass is 35.5. The summed E-state index contributed by atoms with van der Waals surface area (Å²) in [6.07, 6.45) is 4.83. The summed E-state index contributed by atoms with van der Waals surface area (Å²) in [5.41, 5.74) is 1.72. The molecule has 2 atom stereocenters. The molecule has 1 heterocycles. The summed E-state index contributed by atoms with van der Waals surface area (Å²) < 4.78 is 0. The van der Waals surface area contributed by atoms with Gasteiger partial charge in [0, 0.05) is 17.8 Å². The van der Waals surface area contributed by atoms with E-state index in [1.165, 1.54) is 12.8 Å². The van der Waals surface area contributed by atoms with Crippen molar-refractivity contribution in [1.29, 1.82) is 5.26 Å². The van der Waals surface area contributed by atoms with Gasteiger partial charge < -0.3 is 4.90 Å². The Morgan fingerprint density at radius 3 is 2.33 bits per heavy atom. The molecule has 1 aliphatic heterocycles. The van der Waals surface area contributed by atoms with Crippen molar-refractivity contribution in [2.75, 3.05) is 4.90 Å². The maximum absolute atomic E-state index is 8.92. The molecule has 1 aromatic carbocycles. The molecule has 96 valence electrons. The van der Waals surface area contributed by atoms with Crippen LogP contribution >= 0.6 is 11.6 Å². The molecular formula is C15H19ClN2. The molecule has 18 heavy (non-hydrogen) atoms. The average molecular weight is 263 g/mol. The first kappa shape index (κ1) is 13.2. The van der Waals surface area contributed by atoms with Gasteiger partial charge in [-0.25, -0.2) is 0 Å². The van der Waals surface area contributed by atoms with Crippen molar-refractivity contribution in [1.82, 2.24) is 0 Å². The Balaban J connectivity index is 2.34. The Kier molecular flexibility index (Phi) is 4.14. The minimum absolute atomic E-state index is 0.556. The highest BCUT2D eigenvalue weighted by Gasteiger charge is 2.31. The van der Waals surface area contributed by atoms with Crippen molar-refractivity contribution < 1.29 is 0 Å². The van der Waals surface area contributed by atoms with Crippen LogP contribution in [-0.4, -0.2) is 12.1 Å². The van der Waals surface area contributed by atoms with Crippen LogP contribution in [0.5, 0.6) is 0 Å². The highest BCUT2D eigenvalue weighted by molar-refractivity contribution is 6.32. The van der Waals surface area contributed by atoms with Crippen LogP contribution in [0.2, 0.25) is 5.02 Å². The van der Waals surface area contributed by atoms with Gasteiger partial charge in [-0.05, 0) is 43.9 Å². The summed E-state index contributed by atoms with van der Waals surface area (Å²) in [7, 11) is 0. The summed E-state index contributed by atoms with van der Waals surface area (Å²) >= 11 is 6.14. The fourth-order valence-corrected chi connectivity index (χ4v) is 3.16. The maximum Gasteiger partial charge on any atom is 0.101 e. The SMILES string of the molecule is CCC1CCC(CC)N1c1ccc(C#N)c(Cl)c1. The predicted molar refractivity (Wildman–Crippen MR) is 76.0 cm³/mol. The van der Waals surface area contributed by atoms with E-state index in [4.69, 9.17) is 16.9 Å². The molecule has 1 aromatic rings. The van der Waals surface area contributed by atoms with E-state index in [1.54, 1.807) is 0 Å². The minimum Gasteiger partial charge on any atom is -0.366 e. The van der Waals surface area contributed by atoms with Gasteiger partial charge in [-0.1, -0.05) is 25.4 Å². The van der Waals surface area contributed by atoms with Gasteiger partial charge in [0.2, 0.25) is 0 Å². The third-order valence-corrected chi connectivity index (χ3v) is 4.25. The van der Waals surface area contributed by atoms with Crippen molar-refractivity contribution in [2.45, 2.75) is 51.6 Å². The third kappa shape index (κ3) is 2.33. The lowest BCUT2D eigenvalue weighted by molar-refractivity contribution is 0.599. The normalized spacial score (nSPS) is 23.1. The monoisotopic (exact) mass is 262 g/mol. The number of hydrogen-bond acceptors (Lipinski definition) is 2. The van der Waals surface area contributed by atoms with Crippen LogP contribution in [0.25, 0.3) is 0 Å². The van der Waals surface area contributed by atoms with Crippen molar-refractivity contribution in [3.63, 3.8) is 0 Å². The van der Waals surface area contributed by atoms with Crippen LogP contribution in [0, 0.1) is 11.3 Å². The lowest BCUT2D eigenvalue weighted by Crippen LogP contribution is -2.35. The third-order valence-electron chi connectivity index (χ3n) is 3.93. The first-order valence-corrected chi connectivity index (χ1v) is 7.07. The number of benzene rings is 1. The molecule has 0 aliphatic carbocycles. The first-order valence-electron chi connectivity index (χ1n) is 6.69. The smallest absolute Gasteiger partial charge is 0.101 e. The lowest BCUT2D eigenvalue weighted by Gasteiger charge is -2.32. The Morgan fingerprint density at radius 2 is 1.89 bits per heavy atom. The van der Waals surface area contributed by atoms with E-state index < -0.39 is 0 Å². The zero-order valence-electron chi connectivity index (χ0n) is 11.0. The molecule has 0 N–H and O–H groups in total. The number of rotatable bonds is 3. The van der Waals surface area contributed by atoms with Crippen LogP contribution in [0.4, 0.5) is 5.69 Å². The van der Waals surface area contributed by atoms with Gasteiger partial charge in [0.05, 0.1) is 10.6 Å². The van der Waals surface area contributed by atoms with Crippen molar-refractivity contribution in [3.8, 4) is 6.07 Å². The zero-order chi connectivity index (χ0) is 13.1. The van der Waals surface area contributed by atoms with Crippen LogP contribution in [0.15, 0.2) is 18.2 Å². The average Bonchev–Trinajstić information content (AvgIpc) is 2.81. The van der Waals surface area contributed by atoms with E-state index in [1.807, 2.05) is 18.2 Å². The highest BCUT2D eigenvalue weighted by Crippen LogP contribution is 2.35. The van der Waals surface area contributed by atoms with Gasteiger partial charge in [-0.2, -0.15) is 5.26 Å². The van der Waals surface area contributed by atoms with E-state index in [9.17, 15) is 0 Å². The number of anilines is 1. The van der Waals surface area contributed by atoms with E-state index in [0.717, 1.165) is 18.5 Å². The molecule has 0 radical (unpaired) electrons. The molecule has 1 saturated heterocycles. The molecular weight excluding hydrogens is 244 g/mol. The summed E-state index contributed by atoms with van der Waals surface area (Å²) in [6.45, 7) is 4.47. The van der Waals surface area contributed by atoms with Gasteiger partial charge >= 0.3 is 0 Å². The van der Waals surface area contributed by atoms with Crippen molar-refractivity contribution >= 4 is 17.3 Å². The molecule has 1 aliphatic rings. The second kappa shape index (κ2) is 5.63. The molecule has 2 unspecified atom stereocenters. The number of halogens is 1. The Morgan fingerprint density at radius 1 is 1.28 bits per heavy atom. The number of nitrogens with zero attached hydrogens (tertiary/aromatic N) is 2. The van der Waals surface area contributed by atoms with Crippen molar-refractivity contribution in [2.24, 2.45) is 0 Å². The number of hydrogen-bond donors (Lipinski definition) is 0. The summed E-state index contributed by atoms with van der Waals surface area (Å²) in [5.74, 6) is 0. The summed E-state index contributed by atoms with van der Waals surface area (Å²) in [5, 5.41) is 9.48. The first-order chi connectivity index (χ1) is 8.71. The second-order valence-electron chi connectivity index (χ2n) is 4.88. The Labute approximate surface area is 114 Å². The molecule has 2 rings (SSSR count). The van der Waals surface area contributed by atoms with Crippen LogP contribution in [0.1, 0.15) is 45.1 Å². The fourth-order valence-electron chi connectivity index (χ4n) is 2.94. The fraction of sp³-hybridized carbons (Fsp3) is 0.533. The van der Waals surface area contributed by atoms with Crippen LogP contribution < -0.4 is 4.90 Å². The van der Waals surface area contributed by atoms with Gasteiger partial charge in [0.1, 0.15) is 6.07 Å². The van der Waals surface area contributed by atoms with Gasteiger partial charge in [-0.3, -0.25) is 0 Å². The topological polar surface area (TPSA) is 27.0 Å². The van der Waals surface area contributed by atoms with Gasteiger partial charge in [0.25, 0.3) is 0 Å². The largest absolute Gasteiger partial charge is 0.366 e. The van der Waals surface area contributed by atoms with Gasteiger partial charge in [0.15, 0.2) is 0 Å². The Hall–Kier alpha value is -1.20. The zero-order valence-corrected chi connectivity index (χ0v) is 11.7. The molecule has 0 saturated carbocycles. The standard InChI is InChI=1S/C15H19ClN2/c1-3-12-7-8-13(4-2)18(12)14-6-5-11(10-17)15(16)9-14/h5-6,9,12-13H,3-4,7-8H2,1-2H3. The molecule has 2 nitrogen and oxygen atoms in total. The van der Waals surface area contributed by atoms with E-state index in [-0.39, 0.29) is 0 Å². The minimum atomic E-state index is 0.556. The van der Waals surface area contributed by atoms with Crippen LogP contribution in [-0.2, 0) is 0 Å². The van der Waals surface area contributed by atoms with Gasteiger partial charge in [-0.15, -0.1) is 0 Å². The second-order valence-corrected chi connectivity index (χ2v) is 5.29. The number of nitriles is 1. The predicted octanol–water partition coefficient (Wildman–Crippen LogP) is 4.37. The lowest BCUT2D eigenvalue weighted by atomic mass is 10.1. The van der Waals surface area contributed by atoms with E-state index in [2.05, 4.69) is 24.8 Å².